The average Bonchev–Trinajstić information content (AvgIpc) is 3.32. The van der Waals surface area contributed by atoms with Crippen molar-refractivity contribution in [2.45, 2.75) is 88.9 Å². The van der Waals surface area contributed by atoms with Gasteiger partial charge >= 0.3 is 5.97 Å². The largest absolute Gasteiger partial charge is 0.466 e. The number of carbonyl (C=O) groups is 3. The Morgan fingerprint density at radius 2 is 2.00 bits per heavy atom. The lowest BCUT2D eigenvalue weighted by atomic mass is 9.70. The van der Waals surface area contributed by atoms with Crippen molar-refractivity contribution in [2.24, 2.45) is 17.3 Å². The maximum Gasteiger partial charge on any atom is 0.312 e. The van der Waals surface area contributed by atoms with Crippen molar-refractivity contribution >= 4 is 33.7 Å². The number of likely N-dealkylation sites (tertiary alicyclic amines) is 1. The molecule has 0 aromatic carbocycles. The highest BCUT2D eigenvalue weighted by molar-refractivity contribution is 9.09. The minimum Gasteiger partial charge on any atom is -0.466 e. The number of nitrogens with zero attached hydrogens (tertiary/aromatic N) is 2. The van der Waals surface area contributed by atoms with Gasteiger partial charge in [-0.25, -0.2) is 0 Å². The second kappa shape index (κ2) is 10.1. The van der Waals surface area contributed by atoms with Gasteiger partial charge in [0.05, 0.1) is 24.5 Å². The zero-order valence-electron chi connectivity index (χ0n) is 21.9. The molecule has 1 spiro atoms. The molecule has 3 heterocycles. The molecule has 3 aliphatic rings. The monoisotopic (exact) mass is 556 g/mol. The van der Waals surface area contributed by atoms with Crippen LogP contribution in [0.4, 0.5) is 0 Å². The van der Waals surface area contributed by atoms with Crippen molar-refractivity contribution in [1.82, 2.24) is 9.80 Å². The molecule has 0 aromatic heterocycles. The van der Waals surface area contributed by atoms with E-state index >= 15 is 0 Å². The van der Waals surface area contributed by atoms with Crippen molar-refractivity contribution < 1.29 is 29.0 Å². The highest BCUT2D eigenvalue weighted by atomic mass is 79.9. The van der Waals surface area contributed by atoms with Gasteiger partial charge in [-0.3, -0.25) is 14.4 Å². The molecule has 1 N–H and O–H groups in total. The van der Waals surface area contributed by atoms with Gasteiger partial charge in [-0.05, 0) is 45.4 Å². The third-order valence-corrected chi connectivity index (χ3v) is 8.26. The van der Waals surface area contributed by atoms with Crippen LogP contribution in [-0.4, -0.2) is 87.1 Å². The van der Waals surface area contributed by atoms with Crippen LogP contribution in [0, 0.1) is 17.3 Å². The summed E-state index contributed by atoms with van der Waals surface area (Å²) in [6.07, 6.45) is 2.68. The third kappa shape index (κ3) is 4.92. The maximum absolute atomic E-state index is 14.4. The van der Waals surface area contributed by atoms with Crippen LogP contribution in [0.5, 0.6) is 0 Å². The predicted molar refractivity (Wildman–Crippen MR) is 136 cm³/mol. The number of alkyl halides is 1. The van der Waals surface area contributed by atoms with Crippen molar-refractivity contribution in [3.63, 3.8) is 0 Å². The molecule has 3 rings (SSSR count). The van der Waals surface area contributed by atoms with E-state index in [0.717, 1.165) is 6.42 Å². The van der Waals surface area contributed by atoms with Crippen molar-refractivity contribution in [3.05, 3.63) is 12.7 Å². The van der Waals surface area contributed by atoms with Crippen LogP contribution in [0.2, 0.25) is 0 Å². The van der Waals surface area contributed by atoms with Gasteiger partial charge in [0.2, 0.25) is 11.8 Å². The molecular weight excluding hydrogens is 516 g/mol. The highest BCUT2D eigenvalue weighted by Gasteiger charge is 2.77. The Morgan fingerprint density at radius 1 is 1.34 bits per heavy atom. The van der Waals surface area contributed by atoms with Crippen molar-refractivity contribution in [3.8, 4) is 0 Å². The van der Waals surface area contributed by atoms with Crippen LogP contribution in [0.3, 0.4) is 0 Å². The lowest BCUT2D eigenvalue weighted by Crippen LogP contribution is -2.61. The summed E-state index contributed by atoms with van der Waals surface area (Å²) in [7, 11) is 0. The molecule has 9 heteroatoms. The molecule has 3 aliphatic heterocycles. The van der Waals surface area contributed by atoms with Gasteiger partial charge in [0.15, 0.2) is 0 Å². The van der Waals surface area contributed by atoms with E-state index in [9.17, 15) is 19.5 Å². The first-order valence-corrected chi connectivity index (χ1v) is 13.5. The molecule has 2 amide bonds. The van der Waals surface area contributed by atoms with Gasteiger partial charge in [-0.2, -0.15) is 0 Å². The number of hydrogen-bond acceptors (Lipinski definition) is 6. The first-order chi connectivity index (χ1) is 16.3. The summed E-state index contributed by atoms with van der Waals surface area (Å²) in [5, 5.41) is 9.51. The number of ether oxygens (including phenoxy) is 2. The Bertz CT molecular complexity index is 855. The lowest BCUT2D eigenvalue weighted by Gasteiger charge is -2.45. The number of esters is 1. The van der Waals surface area contributed by atoms with Gasteiger partial charge in [0.25, 0.3) is 0 Å². The zero-order valence-corrected chi connectivity index (χ0v) is 23.5. The van der Waals surface area contributed by atoms with E-state index in [0.29, 0.717) is 19.4 Å². The normalized spacial score (nSPS) is 32.1. The van der Waals surface area contributed by atoms with E-state index < -0.39 is 41.1 Å². The fourth-order valence-corrected chi connectivity index (χ4v) is 7.65. The SMILES string of the molecule is C=CCN(C(=O)[C@@H]1N(CCCO)C(=O)[C@H]2[C@H](C(=O)OCC)[C@H]3O[C@@]12CC3Br)C(C)(C)CC(C)(C)C. The van der Waals surface area contributed by atoms with Crippen LogP contribution in [0.1, 0.15) is 60.8 Å². The Hall–Kier alpha value is -1.45. The molecule has 3 fully saturated rings. The number of amides is 2. The predicted octanol–water partition coefficient (Wildman–Crippen LogP) is 2.91. The van der Waals surface area contributed by atoms with E-state index in [4.69, 9.17) is 9.47 Å². The molecule has 1 unspecified atom stereocenters. The molecule has 35 heavy (non-hydrogen) atoms. The second-order valence-corrected chi connectivity index (χ2v) is 13.0. The quantitative estimate of drug-likeness (QED) is 0.252. The van der Waals surface area contributed by atoms with Crippen LogP contribution in [0.25, 0.3) is 0 Å². The topological polar surface area (TPSA) is 96.4 Å². The van der Waals surface area contributed by atoms with Crippen molar-refractivity contribution in [2.75, 3.05) is 26.3 Å². The van der Waals surface area contributed by atoms with Crippen LogP contribution >= 0.6 is 15.9 Å². The first-order valence-electron chi connectivity index (χ1n) is 12.6. The fourth-order valence-electron chi connectivity index (χ4n) is 6.70. The molecule has 198 valence electrons. The fraction of sp³-hybridized carbons (Fsp3) is 0.808. The molecule has 0 saturated carbocycles. The number of carbonyl (C=O) groups excluding carboxylic acids is 3. The number of rotatable bonds is 10. The Labute approximate surface area is 217 Å². The molecule has 3 saturated heterocycles. The number of fused-ring (bicyclic) bond motifs is 1. The summed E-state index contributed by atoms with van der Waals surface area (Å²) in [4.78, 5) is 44.4. The Morgan fingerprint density at radius 3 is 2.54 bits per heavy atom. The van der Waals surface area contributed by atoms with E-state index in [1.807, 2.05) is 13.8 Å². The number of aliphatic hydroxyl groups is 1. The van der Waals surface area contributed by atoms with Crippen LogP contribution < -0.4 is 0 Å². The molecule has 2 bridgehead atoms. The summed E-state index contributed by atoms with van der Waals surface area (Å²) >= 11 is 3.66. The van der Waals surface area contributed by atoms with Gasteiger partial charge in [0.1, 0.15) is 11.6 Å². The summed E-state index contributed by atoms with van der Waals surface area (Å²) < 4.78 is 11.8. The van der Waals surface area contributed by atoms with Gasteiger partial charge in [-0.1, -0.05) is 42.8 Å². The number of hydrogen-bond donors (Lipinski definition) is 1. The number of aliphatic hydroxyl groups excluding tert-OH is 1. The summed E-state index contributed by atoms with van der Waals surface area (Å²) in [5.41, 5.74) is -1.68. The van der Waals surface area contributed by atoms with Gasteiger partial charge in [0, 0.05) is 30.1 Å². The minimum atomic E-state index is -1.13. The Balaban J connectivity index is 2.08. The smallest absolute Gasteiger partial charge is 0.312 e. The zero-order chi connectivity index (χ0) is 26.3. The van der Waals surface area contributed by atoms with Crippen LogP contribution in [-0.2, 0) is 23.9 Å². The second-order valence-electron chi connectivity index (χ2n) is 11.8. The van der Waals surface area contributed by atoms with E-state index in [-0.39, 0.29) is 41.8 Å². The highest BCUT2D eigenvalue weighted by Crippen LogP contribution is 2.60. The molecule has 0 radical (unpaired) electrons. The summed E-state index contributed by atoms with van der Waals surface area (Å²) in [5.74, 6) is -2.51. The van der Waals surface area contributed by atoms with Gasteiger partial charge in [-0.15, -0.1) is 6.58 Å². The summed E-state index contributed by atoms with van der Waals surface area (Å²) in [6, 6.07) is -0.893. The number of halogens is 1. The molecule has 0 aromatic rings. The average molecular weight is 558 g/mol. The van der Waals surface area contributed by atoms with Crippen molar-refractivity contribution in [1.29, 1.82) is 0 Å². The minimum absolute atomic E-state index is 0.0373. The maximum atomic E-state index is 14.4. The van der Waals surface area contributed by atoms with E-state index in [1.165, 1.54) is 0 Å². The lowest BCUT2D eigenvalue weighted by molar-refractivity contribution is -0.155. The third-order valence-electron chi connectivity index (χ3n) is 7.41. The van der Waals surface area contributed by atoms with Gasteiger partial charge < -0.3 is 24.4 Å². The van der Waals surface area contributed by atoms with E-state index in [1.54, 1.807) is 22.8 Å². The molecule has 6 atom stereocenters. The Kier molecular flexibility index (Phi) is 8.14. The molecular formula is C26H41BrN2O6. The van der Waals surface area contributed by atoms with Crippen LogP contribution in [0.15, 0.2) is 12.7 Å². The first kappa shape index (κ1) is 28.1. The molecule has 8 nitrogen and oxygen atoms in total. The summed E-state index contributed by atoms with van der Waals surface area (Å²) in [6.45, 7) is 16.7. The molecule has 0 aliphatic carbocycles. The standard InChI is InChI=1S/C26H41BrN2O6/c1-8-11-29(25(6,7)15-24(3,4)5)22(32)20-26-14-16(27)19(35-26)17(23(33)34-9-2)18(26)21(31)28(20)12-10-13-30/h8,16-20,30H,1,9-15H2,2-7H3/t16?,17-,18+,19-,20-,26+/m0/s1. The van der Waals surface area contributed by atoms with E-state index in [2.05, 4.69) is 43.3 Å².